The number of aromatic nitrogens is 1. The quantitative estimate of drug-likeness (QED) is 0.482. The minimum absolute atomic E-state index is 0.267. The summed E-state index contributed by atoms with van der Waals surface area (Å²) in [5.41, 5.74) is 6.35. The van der Waals surface area contributed by atoms with Gasteiger partial charge in [0.2, 0.25) is 0 Å². The van der Waals surface area contributed by atoms with Crippen LogP contribution in [0.15, 0.2) is 59.7 Å². The van der Waals surface area contributed by atoms with Gasteiger partial charge in [-0.15, -0.1) is 0 Å². The number of para-hydroxylation sites is 1. The number of carbonyl (C=O) groups excluding carboxylic acids is 1. The molecule has 0 saturated heterocycles. The Labute approximate surface area is 157 Å². The summed E-state index contributed by atoms with van der Waals surface area (Å²) in [5, 5.41) is 5.45. The molecule has 0 aliphatic carbocycles. The molecule has 1 N–H and O–H groups in total. The predicted octanol–water partition coefficient (Wildman–Crippen LogP) is 5.46. The van der Waals surface area contributed by atoms with E-state index in [1.807, 2.05) is 56.3 Å². The van der Waals surface area contributed by atoms with Crippen LogP contribution in [0.3, 0.4) is 0 Å². The van der Waals surface area contributed by atoms with Gasteiger partial charge in [0.15, 0.2) is 0 Å². The highest BCUT2D eigenvalue weighted by Gasteiger charge is 2.15. The topological polar surface area (TPSA) is 54.4 Å². The van der Waals surface area contributed by atoms with E-state index in [2.05, 4.69) is 15.5 Å². The highest BCUT2D eigenvalue weighted by Crippen LogP contribution is 2.29. The van der Waals surface area contributed by atoms with Crippen LogP contribution in [-0.2, 0) is 0 Å². The summed E-state index contributed by atoms with van der Waals surface area (Å²) in [7, 11) is 0. The van der Waals surface area contributed by atoms with Gasteiger partial charge < -0.3 is 0 Å². The molecule has 0 atom stereocenters. The summed E-state index contributed by atoms with van der Waals surface area (Å²) >= 11 is 6.34. The van der Waals surface area contributed by atoms with Gasteiger partial charge in [0.1, 0.15) is 0 Å². The second-order valence-electron chi connectivity index (χ2n) is 5.88. The van der Waals surface area contributed by atoms with Gasteiger partial charge in [-0.1, -0.05) is 67.9 Å². The number of nitrogens with one attached hydrogen (secondary N) is 1. The minimum atomic E-state index is -0.267. The molecule has 4 nitrogen and oxygen atoms in total. The number of hydrazone groups is 1. The first-order valence-electron chi connectivity index (χ1n) is 8.64. The molecular weight excluding hydrogens is 346 g/mol. The van der Waals surface area contributed by atoms with Crippen LogP contribution in [0.2, 0.25) is 5.02 Å². The largest absolute Gasteiger partial charge is 0.272 e. The molecule has 3 aromatic rings. The van der Waals surface area contributed by atoms with Crippen molar-refractivity contribution in [2.24, 2.45) is 5.10 Å². The van der Waals surface area contributed by atoms with Gasteiger partial charge in [-0.3, -0.25) is 4.79 Å². The van der Waals surface area contributed by atoms with Crippen molar-refractivity contribution < 1.29 is 4.79 Å². The smallest absolute Gasteiger partial charge is 0.267 e. The average molecular weight is 366 g/mol. The fraction of sp³-hybridized carbons (Fsp3) is 0.190. The van der Waals surface area contributed by atoms with Gasteiger partial charge in [0, 0.05) is 16.7 Å². The summed E-state index contributed by atoms with van der Waals surface area (Å²) in [5.74, 6) is -0.267. The third-order valence-electron chi connectivity index (χ3n) is 4.24. The van der Waals surface area contributed by atoms with Crippen molar-refractivity contribution in [3.05, 3.63) is 65.2 Å². The lowest BCUT2D eigenvalue weighted by molar-refractivity contribution is 0.0956. The molecule has 132 valence electrons. The van der Waals surface area contributed by atoms with Crippen LogP contribution in [0.5, 0.6) is 0 Å². The Morgan fingerprint density at radius 3 is 2.50 bits per heavy atom. The molecule has 3 rings (SSSR count). The van der Waals surface area contributed by atoms with Gasteiger partial charge >= 0.3 is 0 Å². The number of rotatable bonds is 5. The van der Waals surface area contributed by atoms with Gasteiger partial charge in [-0.2, -0.15) is 5.10 Å². The fourth-order valence-corrected chi connectivity index (χ4v) is 2.97. The predicted molar refractivity (Wildman–Crippen MR) is 108 cm³/mol. The Kier molecular flexibility index (Phi) is 5.64. The second-order valence-corrected chi connectivity index (χ2v) is 6.29. The number of amides is 1. The molecule has 0 fully saturated rings. The molecule has 1 aromatic heterocycles. The molecule has 26 heavy (non-hydrogen) atoms. The summed E-state index contributed by atoms with van der Waals surface area (Å²) in [6, 6.07) is 17.0. The molecule has 0 aliphatic heterocycles. The zero-order valence-corrected chi connectivity index (χ0v) is 15.5. The van der Waals surface area contributed by atoms with E-state index in [0.717, 1.165) is 24.1 Å². The van der Waals surface area contributed by atoms with Crippen molar-refractivity contribution in [1.29, 1.82) is 0 Å². The van der Waals surface area contributed by atoms with Gasteiger partial charge in [0.05, 0.1) is 21.8 Å². The summed E-state index contributed by atoms with van der Waals surface area (Å²) < 4.78 is 0. The second kappa shape index (κ2) is 8.11. The monoisotopic (exact) mass is 365 g/mol. The molecule has 0 radical (unpaired) electrons. The zero-order valence-electron chi connectivity index (χ0n) is 14.8. The number of benzene rings is 2. The Morgan fingerprint density at radius 1 is 1.08 bits per heavy atom. The van der Waals surface area contributed by atoms with Gasteiger partial charge in [-0.25, -0.2) is 10.4 Å². The van der Waals surface area contributed by atoms with Crippen molar-refractivity contribution in [1.82, 2.24) is 10.4 Å². The maximum absolute atomic E-state index is 12.8. The molecular formula is C21H20ClN3O. The highest BCUT2D eigenvalue weighted by molar-refractivity contribution is 6.35. The number of pyridine rings is 1. The summed E-state index contributed by atoms with van der Waals surface area (Å²) in [6.45, 7) is 4.03. The molecule has 0 aliphatic rings. The van der Waals surface area contributed by atoms with Crippen LogP contribution in [0.1, 0.15) is 37.0 Å². The maximum atomic E-state index is 12.8. The van der Waals surface area contributed by atoms with Gasteiger partial charge in [-0.05, 0) is 25.0 Å². The van der Waals surface area contributed by atoms with Crippen molar-refractivity contribution in [2.45, 2.75) is 26.7 Å². The molecule has 2 aromatic carbocycles. The lowest BCUT2D eigenvalue weighted by Gasteiger charge is -2.10. The molecule has 5 heteroatoms. The zero-order chi connectivity index (χ0) is 18.5. The van der Waals surface area contributed by atoms with E-state index in [1.54, 1.807) is 12.1 Å². The minimum Gasteiger partial charge on any atom is -0.267 e. The van der Waals surface area contributed by atoms with E-state index in [1.165, 1.54) is 0 Å². The summed E-state index contributed by atoms with van der Waals surface area (Å²) in [6.07, 6.45) is 1.60. The first-order valence-corrected chi connectivity index (χ1v) is 9.02. The van der Waals surface area contributed by atoms with E-state index in [4.69, 9.17) is 11.6 Å². The first-order chi connectivity index (χ1) is 12.6. The number of hydrogen-bond acceptors (Lipinski definition) is 3. The van der Waals surface area contributed by atoms with E-state index in [9.17, 15) is 4.79 Å². The van der Waals surface area contributed by atoms with E-state index < -0.39 is 0 Å². The maximum Gasteiger partial charge on any atom is 0.272 e. The highest BCUT2D eigenvalue weighted by atomic mass is 35.5. The number of fused-ring (bicyclic) bond motifs is 1. The van der Waals surface area contributed by atoms with E-state index in [-0.39, 0.29) is 5.91 Å². The molecule has 0 spiro atoms. The Bertz CT molecular complexity index is 962. The lowest BCUT2D eigenvalue weighted by Crippen LogP contribution is -2.20. The Morgan fingerprint density at radius 2 is 1.81 bits per heavy atom. The Hall–Kier alpha value is -2.72. The number of halogens is 1. The van der Waals surface area contributed by atoms with Crippen LogP contribution in [0, 0.1) is 0 Å². The van der Waals surface area contributed by atoms with Crippen molar-refractivity contribution in [2.75, 3.05) is 0 Å². The molecule has 0 unspecified atom stereocenters. The third-order valence-corrected chi connectivity index (χ3v) is 4.54. The standard InChI is InChI=1S/C21H20ClN3O/c1-3-15(4-2)24-25-21(26)17-13-19(14-9-6-5-7-10-14)23-20-16(17)11-8-12-18(20)22/h5-13H,3-4H2,1-2H3,(H,25,26). The first kappa shape index (κ1) is 18.1. The molecule has 0 bridgehead atoms. The van der Waals surface area contributed by atoms with Crippen LogP contribution in [-0.4, -0.2) is 16.6 Å². The van der Waals surface area contributed by atoms with Crippen LogP contribution >= 0.6 is 11.6 Å². The normalized spacial score (nSPS) is 10.6. The SMILES string of the molecule is CCC(CC)=NNC(=O)c1cc(-c2ccccc2)nc2c(Cl)cccc12. The fourth-order valence-electron chi connectivity index (χ4n) is 2.76. The van der Waals surface area contributed by atoms with Crippen LogP contribution in [0.4, 0.5) is 0 Å². The number of nitrogens with zero attached hydrogens (tertiary/aromatic N) is 2. The van der Waals surface area contributed by atoms with E-state index in [0.29, 0.717) is 27.2 Å². The van der Waals surface area contributed by atoms with E-state index >= 15 is 0 Å². The van der Waals surface area contributed by atoms with Crippen molar-refractivity contribution in [3.8, 4) is 11.3 Å². The van der Waals surface area contributed by atoms with Crippen LogP contribution in [0.25, 0.3) is 22.2 Å². The number of hydrogen-bond donors (Lipinski definition) is 1. The average Bonchev–Trinajstić information content (AvgIpc) is 2.69. The van der Waals surface area contributed by atoms with Gasteiger partial charge in [0.25, 0.3) is 5.91 Å². The van der Waals surface area contributed by atoms with Crippen molar-refractivity contribution >= 4 is 34.1 Å². The lowest BCUT2D eigenvalue weighted by atomic mass is 10.0. The summed E-state index contributed by atoms with van der Waals surface area (Å²) in [4.78, 5) is 17.5. The van der Waals surface area contributed by atoms with Crippen molar-refractivity contribution in [3.63, 3.8) is 0 Å². The molecule has 1 heterocycles. The third kappa shape index (κ3) is 3.75. The van der Waals surface area contributed by atoms with Crippen LogP contribution < -0.4 is 5.43 Å². The number of carbonyl (C=O) groups is 1. The Balaban J connectivity index is 2.12. The molecule has 0 saturated carbocycles. The molecule has 1 amide bonds.